The molecule has 0 aliphatic carbocycles. The molecule has 3 nitrogen and oxygen atoms in total. The molecule has 0 aromatic carbocycles. The second-order valence-electron chi connectivity index (χ2n) is 2.46. The zero-order valence-electron chi connectivity index (χ0n) is 6.15. The lowest BCUT2D eigenvalue weighted by molar-refractivity contribution is 1.05. The molecule has 0 fully saturated rings. The zero-order chi connectivity index (χ0) is 7.68. The van der Waals surface area contributed by atoms with E-state index in [1.54, 1.807) is 12.4 Å². The molecule has 2 rings (SSSR count). The van der Waals surface area contributed by atoms with E-state index in [1.165, 1.54) is 0 Å². The van der Waals surface area contributed by atoms with E-state index in [9.17, 15) is 0 Å². The second kappa shape index (κ2) is 2.27. The Bertz CT molecular complexity index is 384. The number of aromatic nitrogens is 3. The molecule has 0 bridgehead atoms. The van der Waals surface area contributed by atoms with Crippen LogP contribution in [0.2, 0.25) is 0 Å². The van der Waals surface area contributed by atoms with Crippen molar-refractivity contribution in [3.05, 3.63) is 30.1 Å². The molecule has 2 aromatic rings. The molecule has 0 N–H and O–H groups in total. The van der Waals surface area contributed by atoms with Gasteiger partial charge in [0, 0.05) is 11.6 Å². The highest BCUT2D eigenvalue weighted by Gasteiger charge is 1.93. The van der Waals surface area contributed by atoms with Gasteiger partial charge in [-0.2, -0.15) is 5.10 Å². The molecule has 0 radical (unpaired) electrons. The van der Waals surface area contributed by atoms with Crippen molar-refractivity contribution >= 4 is 11.0 Å². The fourth-order valence-electron chi connectivity index (χ4n) is 0.992. The maximum absolute atomic E-state index is 4.11. The molecule has 0 aliphatic rings. The normalized spacial score (nSPS) is 10.3. The summed E-state index contributed by atoms with van der Waals surface area (Å²) >= 11 is 0. The molecule has 11 heavy (non-hydrogen) atoms. The van der Waals surface area contributed by atoms with E-state index in [-0.39, 0.29) is 0 Å². The van der Waals surface area contributed by atoms with Crippen LogP contribution < -0.4 is 0 Å². The highest BCUT2D eigenvalue weighted by Crippen LogP contribution is 2.07. The Kier molecular flexibility index (Phi) is 1.28. The average Bonchev–Trinajstić information content (AvgIpc) is 2.04. The first-order valence-corrected chi connectivity index (χ1v) is 3.40. The maximum atomic E-state index is 4.11. The van der Waals surface area contributed by atoms with Crippen molar-refractivity contribution in [1.82, 2.24) is 15.2 Å². The van der Waals surface area contributed by atoms with Gasteiger partial charge in [-0.3, -0.25) is 0 Å². The van der Waals surface area contributed by atoms with Crippen LogP contribution in [0.5, 0.6) is 0 Å². The van der Waals surface area contributed by atoms with Crippen LogP contribution >= 0.6 is 0 Å². The van der Waals surface area contributed by atoms with Gasteiger partial charge in [0.15, 0.2) is 5.65 Å². The summed E-state index contributed by atoms with van der Waals surface area (Å²) in [5.41, 5.74) is 1.85. The van der Waals surface area contributed by atoms with Gasteiger partial charge in [-0.15, -0.1) is 5.10 Å². The summed E-state index contributed by atoms with van der Waals surface area (Å²) in [4.78, 5) is 4.11. The number of rotatable bonds is 0. The zero-order valence-corrected chi connectivity index (χ0v) is 6.15. The topological polar surface area (TPSA) is 38.7 Å². The van der Waals surface area contributed by atoms with E-state index in [0.717, 1.165) is 10.9 Å². The van der Waals surface area contributed by atoms with E-state index in [0.29, 0.717) is 5.65 Å². The van der Waals surface area contributed by atoms with Crippen LogP contribution in [-0.2, 0) is 0 Å². The van der Waals surface area contributed by atoms with E-state index >= 15 is 0 Å². The van der Waals surface area contributed by atoms with Gasteiger partial charge in [-0.25, -0.2) is 4.98 Å². The van der Waals surface area contributed by atoms with Crippen LogP contribution in [0.4, 0.5) is 0 Å². The Morgan fingerprint density at radius 2 is 2.27 bits per heavy atom. The summed E-state index contributed by atoms with van der Waals surface area (Å²) in [5.74, 6) is 0. The lowest BCUT2D eigenvalue weighted by Gasteiger charge is -1.94. The van der Waals surface area contributed by atoms with Crippen LogP contribution in [0.3, 0.4) is 0 Å². The summed E-state index contributed by atoms with van der Waals surface area (Å²) < 4.78 is 0. The van der Waals surface area contributed by atoms with Crippen molar-refractivity contribution in [1.29, 1.82) is 0 Å². The van der Waals surface area contributed by atoms with Gasteiger partial charge >= 0.3 is 0 Å². The Balaban J connectivity index is 2.83. The van der Waals surface area contributed by atoms with Crippen LogP contribution in [0.1, 0.15) is 5.56 Å². The molecule has 0 aliphatic heterocycles. The van der Waals surface area contributed by atoms with E-state index < -0.39 is 0 Å². The van der Waals surface area contributed by atoms with Gasteiger partial charge in [0.1, 0.15) is 0 Å². The highest BCUT2D eigenvalue weighted by atomic mass is 15.1. The predicted octanol–water partition coefficient (Wildman–Crippen LogP) is 1.33. The van der Waals surface area contributed by atoms with Crippen molar-refractivity contribution in [2.75, 3.05) is 0 Å². The molecule has 54 valence electrons. The van der Waals surface area contributed by atoms with Gasteiger partial charge in [-0.05, 0) is 24.6 Å². The Morgan fingerprint density at radius 3 is 3.18 bits per heavy atom. The summed E-state index contributed by atoms with van der Waals surface area (Å²) in [6.07, 6.45) is 3.46. The second-order valence-corrected chi connectivity index (χ2v) is 2.46. The number of nitrogens with zero attached hydrogens (tertiary/aromatic N) is 3. The SMILES string of the molecule is Cc1cnc2nnccc2c1. The Labute approximate surface area is 64.1 Å². The van der Waals surface area contributed by atoms with E-state index in [2.05, 4.69) is 15.2 Å². The molecule has 2 aromatic heterocycles. The van der Waals surface area contributed by atoms with Gasteiger partial charge in [0.25, 0.3) is 0 Å². The molecular formula is C8H7N3. The largest absolute Gasteiger partial charge is 0.235 e. The molecule has 0 atom stereocenters. The minimum atomic E-state index is 0.707. The van der Waals surface area contributed by atoms with E-state index in [4.69, 9.17) is 0 Å². The third-order valence-electron chi connectivity index (χ3n) is 1.51. The molecular weight excluding hydrogens is 138 g/mol. The number of fused-ring (bicyclic) bond motifs is 1. The maximum Gasteiger partial charge on any atom is 0.181 e. The van der Waals surface area contributed by atoms with Gasteiger partial charge in [-0.1, -0.05) is 0 Å². The van der Waals surface area contributed by atoms with Crippen molar-refractivity contribution < 1.29 is 0 Å². The van der Waals surface area contributed by atoms with Crippen LogP contribution in [0.25, 0.3) is 11.0 Å². The lowest BCUT2D eigenvalue weighted by Crippen LogP contribution is -1.86. The molecule has 2 heterocycles. The fourth-order valence-corrected chi connectivity index (χ4v) is 0.992. The summed E-state index contributed by atoms with van der Waals surface area (Å²) in [5, 5.41) is 8.63. The Hall–Kier alpha value is -1.51. The summed E-state index contributed by atoms with van der Waals surface area (Å²) in [7, 11) is 0. The number of pyridine rings is 1. The fraction of sp³-hybridized carbons (Fsp3) is 0.125. The van der Waals surface area contributed by atoms with Gasteiger partial charge in [0.2, 0.25) is 0 Å². The van der Waals surface area contributed by atoms with Crippen LogP contribution in [0.15, 0.2) is 24.5 Å². The van der Waals surface area contributed by atoms with Gasteiger partial charge < -0.3 is 0 Å². The number of aryl methyl sites for hydroxylation is 1. The third kappa shape index (κ3) is 1.05. The van der Waals surface area contributed by atoms with Crippen molar-refractivity contribution in [3.8, 4) is 0 Å². The first-order chi connectivity index (χ1) is 5.36. The van der Waals surface area contributed by atoms with E-state index in [1.807, 2.05) is 19.1 Å². The third-order valence-corrected chi connectivity index (χ3v) is 1.51. The quantitative estimate of drug-likeness (QED) is 0.561. The number of hydrogen-bond donors (Lipinski definition) is 0. The monoisotopic (exact) mass is 145 g/mol. The standard InChI is InChI=1S/C8H7N3/c1-6-4-7-2-3-10-11-8(7)9-5-6/h2-5H,1H3. The average molecular weight is 145 g/mol. The minimum Gasteiger partial charge on any atom is -0.235 e. The minimum absolute atomic E-state index is 0.707. The van der Waals surface area contributed by atoms with Crippen molar-refractivity contribution in [3.63, 3.8) is 0 Å². The summed E-state index contributed by atoms with van der Waals surface area (Å²) in [6.45, 7) is 2.01. The first-order valence-electron chi connectivity index (χ1n) is 3.40. The van der Waals surface area contributed by atoms with Crippen molar-refractivity contribution in [2.45, 2.75) is 6.92 Å². The predicted molar refractivity (Wildman–Crippen MR) is 42.1 cm³/mol. The smallest absolute Gasteiger partial charge is 0.181 e. The lowest BCUT2D eigenvalue weighted by atomic mass is 10.2. The molecule has 3 heteroatoms. The molecule has 0 unspecified atom stereocenters. The molecule has 0 spiro atoms. The Morgan fingerprint density at radius 1 is 1.36 bits per heavy atom. The van der Waals surface area contributed by atoms with Gasteiger partial charge in [0.05, 0.1) is 6.20 Å². The molecule has 0 saturated carbocycles. The molecule has 0 amide bonds. The summed E-state index contributed by atoms with van der Waals surface area (Å²) in [6, 6.07) is 3.94. The molecule has 0 saturated heterocycles. The highest BCUT2D eigenvalue weighted by molar-refractivity contribution is 5.73. The number of hydrogen-bond acceptors (Lipinski definition) is 3. The van der Waals surface area contributed by atoms with Crippen molar-refractivity contribution in [2.24, 2.45) is 0 Å². The van der Waals surface area contributed by atoms with Crippen LogP contribution in [0, 0.1) is 6.92 Å². The van der Waals surface area contributed by atoms with Crippen LogP contribution in [-0.4, -0.2) is 15.2 Å². The first kappa shape index (κ1) is 6.22.